The molecule has 0 spiro atoms. The Hall–Kier alpha value is -1.39. The first-order valence-corrected chi connectivity index (χ1v) is 8.04. The number of nitrogens with zero attached hydrogens (tertiary/aromatic N) is 3. The molecule has 0 bridgehead atoms. The van der Waals surface area contributed by atoms with Gasteiger partial charge in [0.2, 0.25) is 0 Å². The Morgan fingerprint density at radius 1 is 1.19 bits per heavy atom. The molecule has 1 aliphatic rings. The number of aromatic nitrogens is 2. The molecule has 2 unspecified atom stereocenters. The summed E-state index contributed by atoms with van der Waals surface area (Å²) in [5.74, 6) is 2.71. The van der Waals surface area contributed by atoms with Crippen LogP contribution in [0.1, 0.15) is 26.1 Å². The van der Waals surface area contributed by atoms with E-state index >= 15 is 0 Å². The van der Waals surface area contributed by atoms with Gasteiger partial charge in [0.25, 0.3) is 0 Å². The van der Waals surface area contributed by atoms with E-state index in [1.807, 2.05) is 0 Å². The molecule has 114 valence electrons. The number of likely N-dealkylation sites (tertiary alicyclic amines) is 1. The minimum absolute atomic E-state index is 0.653. The fourth-order valence-corrected chi connectivity index (χ4v) is 3.75. The van der Waals surface area contributed by atoms with Crippen LogP contribution in [0.3, 0.4) is 0 Å². The molecule has 0 saturated carbocycles. The van der Waals surface area contributed by atoms with Crippen LogP contribution in [-0.4, -0.2) is 34.1 Å². The largest absolute Gasteiger partial charge is 0.329 e. The van der Waals surface area contributed by atoms with Crippen molar-refractivity contribution in [3.05, 3.63) is 30.1 Å². The minimum Gasteiger partial charge on any atom is -0.329 e. The predicted octanol–water partition coefficient (Wildman–Crippen LogP) is 2.47. The molecule has 4 nitrogen and oxygen atoms in total. The Balaban J connectivity index is 1.87. The number of rotatable bonds is 4. The summed E-state index contributed by atoms with van der Waals surface area (Å²) in [4.78, 5) is 7.39. The number of nitrogens with two attached hydrogens (primary N) is 1. The first-order chi connectivity index (χ1) is 10.2. The maximum Gasteiger partial charge on any atom is 0.124 e. The van der Waals surface area contributed by atoms with Gasteiger partial charge in [0, 0.05) is 26.2 Å². The summed E-state index contributed by atoms with van der Waals surface area (Å²) < 4.78 is 2.29. The van der Waals surface area contributed by atoms with Gasteiger partial charge in [0.15, 0.2) is 0 Å². The highest BCUT2D eigenvalue weighted by molar-refractivity contribution is 5.75. The number of imidazole rings is 1. The Bertz CT molecular complexity index is 594. The lowest BCUT2D eigenvalue weighted by Gasteiger charge is -2.34. The number of para-hydroxylation sites is 2. The summed E-state index contributed by atoms with van der Waals surface area (Å²) in [6, 6.07) is 8.36. The SMILES string of the molecule is CC1CC(C)CN(Cc2nc3ccccc3n2CCN)C1. The minimum atomic E-state index is 0.653. The Labute approximate surface area is 126 Å². The summed E-state index contributed by atoms with van der Waals surface area (Å²) in [5, 5.41) is 0. The number of hydrogen-bond acceptors (Lipinski definition) is 3. The van der Waals surface area contributed by atoms with E-state index in [9.17, 15) is 0 Å². The highest BCUT2D eigenvalue weighted by Crippen LogP contribution is 2.23. The molecule has 1 aromatic carbocycles. The zero-order valence-electron chi connectivity index (χ0n) is 13.1. The topological polar surface area (TPSA) is 47.1 Å². The smallest absolute Gasteiger partial charge is 0.124 e. The van der Waals surface area contributed by atoms with Crippen molar-refractivity contribution in [2.75, 3.05) is 19.6 Å². The monoisotopic (exact) mass is 286 g/mol. The molecular formula is C17H26N4. The Kier molecular flexibility index (Phi) is 4.27. The molecule has 2 heterocycles. The second kappa shape index (κ2) is 6.16. The number of piperidine rings is 1. The molecular weight excluding hydrogens is 260 g/mol. The van der Waals surface area contributed by atoms with E-state index in [-0.39, 0.29) is 0 Å². The van der Waals surface area contributed by atoms with E-state index in [1.54, 1.807) is 0 Å². The van der Waals surface area contributed by atoms with Crippen LogP contribution in [0.5, 0.6) is 0 Å². The van der Waals surface area contributed by atoms with E-state index in [4.69, 9.17) is 10.7 Å². The van der Waals surface area contributed by atoms with Crippen LogP contribution in [0.15, 0.2) is 24.3 Å². The average molecular weight is 286 g/mol. The van der Waals surface area contributed by atoms with Gasteiger partial charge >= 0.3 is 0 Å². The summed E-state index contributed by atoms with van der Waals surface area (Å²) in [5.41, 5.74) is 8.08. The summed E-state index contributed by atoms with van der Waals surface area (Å²) in [6.45, 7) is 9.49. The molecule has 0 radical (unpaired) electrons. The summed E-state index contributed by atoms with van der Waals surface area (Å²) in [7, 11) is 0. The number of benzene rings is 1. The van der Waals surface area contributed by atoms with Gasteiger partial charge in [-0.1, -0.05) is 26.0 Å². The molecule has 2 N–H and O–H groups in total. The molecule has 21 heavy (non-hydrogen) atoms. The van der Waals surface area contributed by atoms with Crippen LogP contribution in [-0.2, 0) is 13.1 Å². The highest BCUT2D eigenvalue weighted by atomic mass is 15.2. The van der Waals surface area contributed by atoms with Crippen molar-refractivity contribution in [3.8, 4) is 0 Å². The second-order valence-corrected chi connectivity index (χ2v) is 6.60. The van der Waals surface area contributed by atoms with Gasteiger partial charge in [-0.2, -0.15) is 0 Å². The molecule has 1 aromatic heterocycles. The number of hydrogen-bond donors (Lipinski definition) is 1. The van der Waals surface area contributed by atoms with Crippen molar-refractivity contribution in [2.45, 2.75) is 33.4 Å². The molecule has 0 aliphatic carbocycles. The van der Waals surface area contributed by atoms with Crippen LogP contribution in [0.25, 0.3) is 11.0 Å². The lowest BCUT2D eigenvalue weighted by molar-refractivity contribution is 0.130. The van der Waals surface area contributed by atoms with Gasteiger partial charge in [0.1, 0.15) is 5.82 Å². The normalized spacial score (nSPS) is 23.8. The van der Waals surface area contributed by atoms with Crippen LogP contribution in [0.4, 0.5) is 0 Å². The van der Waals surface area contributed by atoms with E-state index < -0.39 is 0 Å². The van der Waals surface area contributed by atoms with Gasteiger partial charge in [-0.05, 0) is 30.4 Å². The van der Waals surface area contributed by atoms with Crippen LogP contribution < -0.4 is 5.73 Å². The second-order valence-electron chi connectivity index (χ2n) is 6.60. The van der Waals surface area contributed by atoms with Gasteiger partial charge in [-0.3, -0.25) is 4.90 Å². The third-order valence-electron chi connectivity index (χ3n) is 4.40. The van der Waals surface area contributed by atoms with Crippen LogP contribution >= 0.6 is 0 Å². The maximum atomic E-state index is 5.79. The summed E-state index contributed by atoms with van der Waals surface area (Å²) in [6.07, 6.45) is 1.34. The third-order valence-corrected chi connectivity index (χ3v) is 4.40. The predicted molar refractivity (Wildman–Crippen MR) is 87.0 cm³/mol. The van der Waals surface area contributed by atoms with E-state index in [1.165, 1.54) is 25.0 Å². The fourth-order valence-electron chi connectivity index (χ4n) is 3.75. The fraction of sp³-hybridized carbons (Fsp3) is 0.588. The van der Waals surface area contributed by atoms with Crippen LogP contribution in [0.2, 0.25) is 0 Å². The van der Waals surface area contributed by atoms with Crippen molar-refractivity contribution in [3.63, 3.8) is 0 Å². The zero-order valence-corrected chi connectivity index (χ0v) is 13.1. The van der Waals surface area contributed by atoms with E-state index in [2.05, 4.69) is 47.6 Å². The van der Waals surface area contributed by atoms with Gasteiger partial charge < -0.3 is 10.3 Å². The lowest BCUT2D eigenvalue weighted by Crippen LogP contribution is -2.38. The van der Waals surface area contributed by atoms with Crippen molar-refractivity contribution >= 4 is 11.0 Å². The van der Waals surface area contributed by atoms with Gasteiger partial charge in [-0.15, -0.1) is 0 Å². The van der Waals surface area contributed by atoms with Crippen molar-refractivity contribution in [1.82, 2.24) is 14.5 Å². The molecule has 1 fully saturated rings. The quantitative estimate of drug-likeness (QED) is 0.939. The first-order valence-electron chi connectivity index (χ1n) is 8.04. The molecule has 4 heteroatoms. The Morgan fingerprint density at radius 2 is 1.90 bits per heavy atom. The molecule has 1 aliphatic heterocycles. The molecule has 2 aromatic rings. The van der Waals surface area contributed by atoms with Crippen molar-refractivity contribution < 1.29 is 0 Å². The average Bonchev–Trinajstić information content (AvgIpc) is 2.76. The maximum absolute atomic E-state index is 5.79. The molecule has 2 atom stereocenters. The third kappa shape index (κ3) is 3.11. The molecule has 1 saturated heterocycles. The summed E-state index contributed by atoms with van der Waals surface area (Å²) >= 11 is 0. The van der Waals surface area contributed by atoms with E-state index in [0.29, 0.717) is 6.54 Å². The van der Waals surface area contributed by atoms with Crippen LogP contribution in [0, 0.1) is 11.8 Å². The molecule has 0 amide bonds. The van der Waals surface area contributed by atoms with E-state index in [0.717, 1.165) is 36.3 Å². The highest BCUT2D eigenvalue weighted by Gasteiger charge is 2.23. The lowest BCUT2D eigenvalue weighted by atomic mass is 9.92. The van der Waals surface area contributed by atoms with Gasteiger partial charge in [-0.25, -0.2) is 4.98 Å². The first kappa shape index (κ1) is 14.5. The Morgan fingerprint density at radius 3 is 2.62 bits per heavy atom. The van der Waals surface area contributed by atoms with Crippen molar-refractivity contribution in [2.24, 2.45) is 17.6 Å². The number of fused-ring (bicyclic) bond motifs is 1. The standard InChI is InChI=1S/C17H26N4/c1-13-9-14(2)11-20(10-13)12-17-19-15-5-3-4-6-16(15)21(17)8-7-18/h3-6,13-14H,7-12,18H2,1-2H3. The van der Waals surface area contributed by atoms with Crippen molar-refractivity contribution in [1.29, 1.82) is 0 Å². The zero-order chi connectivity index (χ0) is 14.8. The van der Waals surface area contributed by atoms with Gasteiger partial charge in [0.05, 0.1) is 17.6 Å². The molecule has 3 rings (SSSR count).